The van der Waals surface area contributed by atoms with Crippen molar-refractivity contribution in [3.05, 3.63) is 47.7 Å². The molecular weight excluding hydrogens is 307 g/mol. The van der Waals surface area contributed by atoms with Crippen LogP contribution in [0.1, 0.15) is 5.69 Å². The molecule has 9 heteroatoms. The Morgan fingerprint density at radius 2 is 1.73 bits per heavy atom. The summed E-state index contributed by atoms with van der Waals surface area (Å²) in [4.78, 5) is 3.73. The normalized spacial score (nSPS) is 12.0. The number of benzene rings is 1. The molecule has 0 saturated heterocycles. The SMILES string of the molecule is Nc1nc2c(-c3ccc(F)c(F)c3)ccc(C(F)(F)F)n2n1. The van der Waals surface area contributed by atoms with Crippen molar-refractivity contribution in [2.75, 3.05) is 5.73 Å². The molecule has 2 N–H and O–H groups in total. The summed E-state index contributed by atoms with van der Waals surface area (Å²) in [6.07, 6.45) is -4.66. The molecule has 0 fully saturated rings. The van der Waals surface area contributed by atoms with Crippen molar-refractivity contribution in [2.45, 2.75) is 6.18 Å². The Kier molecular flexibility index (Phi) is 3.01. The number of hydrogen-bond acceptors (Lipinski definition) is 3. The Morgan fingerprint density at radius 1 is 1.00 bits per heavy atom. The number of fused-ring (bicyclic) bond motifs is 1. The van der Waals surface area contributed by atoms with Gasteiger partial charge in [-0.25, -0.2) is 13.3 Å². The second-order valence-corrected chi connectivity index (χ2v) is 4.46. The van der Waals surface area contributed by atoms with E-state index in [1.165, 1.54) is 6.07 Å². The predicted molar refractivity (Wildman–Crippen MR) is 67.8 cm³/mol. The Labute approximate surface area is 120 Å². The van der Waals surface area contributed by atoms with Gasteiger partial charge >= 0.3 is 6.18 Å². The van der Waals surface area contributed by atoms with Crippen molar-refractivity contribution in [1.82, 2.24) is 14.6 Å². The molecule has 2 aromatic heterocycles. The molecule has 0 saturated carbocycles. The Bertz CT molecular complexity index is 869. The molecule has 0 bridgehead atoms. The number of rotatable bonds is 1. The highest BCUT2D eigenvalue weighted by atomic mass is 19.4. The van der Waals surface area contributed by atoms with Crippen LogP contribution in [0, 0.1) is 11.6 Å². The van der Waals surface area contributed by atoms with Gasteiger partial charge < -0.3 is 5.73 Å². The van der Waals surface area contributed by atoms with Gasteiger partial charge in [-0.15, -0.1) is 5.10 Å². The van der Waals surface area contributed by atoms with E-state index in [-0.39, 0.29) is 22.7 Å². The summed E-state index contributed by atoms with van der Waals surface area (Å²) in [5.41, 5.74) is 4.40. The van der Waals surface area contributed by atoms with Crippen LogP contribution in [0.25, 0.3) is 16.8 Å². The lowest BCUT2D eigenvalue weighted by atomic mass is 10.1. The standard InChI is InChI=1S/C13H7F5N4/c14-8-3-1-6(5-9(8)15)7-2-4-10(13(16,17)18)22-11(7)20-12(19)21-22/h1-5H,(H2,19,21). The van der Waals surface area contributed by atoms with Crippen molar-refractivity contribution in [2.24, 2.45) is 0 Å². The van der Waals surface area contributed by atoms with E-state index < -0.39 is 23.5 Å². The van der Waals surface area contributed by atoms with E-state index in [1.807, 2.05) is 0 Å². The van der Waals surface area contributed by atoms with Gasteiger partial charge in [-0.05, 0) is 29.8 Å². The molecule has 0 radical (unpaired) electrons. The molecule has 0 aliphatic heterocycles. The molecule has 4 nitrogen and oxygen atoms in total. The van der Waals surface area contributed by atoms with Gasteiger partial charge in [-0.3, -0.25) is 0 Å². The fraction of sp³-hybridized carbons (Fsp3) is 0.0769. The third-order valence-electron chi connectivity index (χ3n) is 3.02. The summed E-state index contributed by atoms with van der Waals surface area (Å²) in [5.74, 6) is -2.55. The van der Waals surface area contributed by atoms with E-state index in [2.05, 4.69) is 10.1 Å². The molecule has 3 rings (SSSR count). The van der Waals surface area contributed by atoms with Gasteiger partial charge in [0.1, 0.15) is 5.69 Å². The van der Waals surface area contributed by atoms with E-state index in [9.17, 15) is 22.0 Å². The summed E-state index contributed by atoms with van der Waals surface area (Å²) in [5, 5.41) is 3.50. The number of pyridine rings is 1. The topological polar surface area (TPSA) is 56.2 Å². The van der Waals surface area contributed by atoms with Gasteiger partial charge in [0.25, 0.3) is 0 Å². The second-order valence-electron chi connectivity index (χ2n) is 4.46. The average Bonchev–Trinajstić information content (AvgIpc) is 2.80. The summed E-state index contributed by atoms with van der Waals surface area (Å²) in [6, 6.07) is 4.85. The van der Waals surface area contributed by atoms with Crippen molar-refractivity contribution in [3.63, 3.8) is 0 Å². The lowest BCUT2D eigenvalue weighted by Crippen LogP contribution is -2.12. The van der Waals surface area contributed by atoms with Gasteiger partial charge in [-0.2, -0.15) is 18.2 Å². The zero-order chi connectivity index (χ0) is 16.1. The van der Waals surface area contributed by atoms with E-state index in [1.54, 1.807) is 0 Å². The van der Waals surface area contributed by atoms with Gasteiger partial charge in [-0.1, -0.05) is 6.07 Å². The first-order chi connectivity index (χ1) is 10.3. The van der Waals surface area contributed by atoms with Crippen LogP contribution in [0.5, 0.6) is 0 Å². The summed E-state index contributed by atoms with van der Waals surface area (Å²) in [6.45, 7) is 0. The maximum absolute atomic E-state index is 13.3. The second kappa shape index (κ2) is 4.65. The number of anilines is 1. The number of nitrogens with two attached hydrogens (primary N) is 1. The first-order valence-corrected chi connectivity index (χ1v) is 5.95. The number of hydrogen-bond donors (Lipinski definition) is 1. The highest BCUT2D eigenvalue weighted by Gasteiger charge is 2.35. The van der Waals surface area contributed by atoms with Gasteiger partial charge in [0, 0.05) is 5.56 Å². The lowest BCUT2D eigenvalue weighted by Gasteiger charge is -2.10. The number of aromatic nitrogens is 3. The molecule has 22 heavy (non-hydrogen) atoms. The minimum absolute atomic E-state index is 0.149. The lowest BCUT2D eigenvalue weighted by molar-refractivity contribution is -0.142. The van der Waals surface area contributed by atoms with Crippen molar-refractivity contribution in [3.8, 4) is 11.1 Å². The maximum atomic E-state index is 13.3. The van der Waals surface area contributed by atoms with Crippen LogP contribution in [0.3, 0.4) is 0 Å². The van der Waals surface area contributed by atoms with Gasteiger partial charge in [0.2, 0.25) is 5.95 Å². The zero-order valence-corrected chi connectivity index (χ0v) is 10.7. The third kappa shape index (κ3) is 2.24. The number of nitrogen functional groups attached to an aromatic ring is 1. The molecule has 1 aromatic carbocycles. The van der Waals surface area contributed by atoms with Crippen LogP contribution in [0.15, 0.2) is 30.3 Å². The summed E-state index contributed by atoms with van der Waals surface area (Å²) in [7, 11) is 0. The Balaban J connectivity index is 2.30. The van der Waals surface area contributed by atoms with Gasteiger partial charge in [0.05, 0.1) is 0 Å². The average molecular weight is 314 g/mol. The zero-order valence-electron chi connectivity index (χ0n) is 10.7. The van der Waals surface area contributed by atoms with Crippen LogP contribution < -0.4 is 5.73 Å². The molecule has 0 amide bonds. The molecule has 0 aliphatic carbocycles. The van der Waals surface area contributed by atoms with Gasteiger partial charge in [0.15, 0.2) is 17.3 Å². The number of halogens is 5. The fourth-order valence-electron chi connectivity index (χ4n) is 2.08. The molecule has 114 valence electrons. The Morgan fingerprint density at radius 3 is 2.36 bits per heavy atom. The summed E-state index contributed by atoms with van der Waals surface area (Å²) < 4.78 is 65.6. The smallest absolute Gasteiger partial charge is 0.366 e. The monoisotopic (exact) mass is 314 g/mol. The van der Waals surface area contributed by atoms with Crippen molar-refractivity contribution < 1.29 is 22.0 Å². The Hall–Kier alpha value is -2.71. The van der Waals surface area contributed by atoms with Crippen LogP contribution in [0.2, 0.25) is 0 Å². The third-order valence-corrected chi connectivity index (χ3v) is 3.02. The number of alkyl halides is 3. The first-order valence-electron chi connectivity index (χ1n) is 5.95. The predicted octanol–water partition coefficient (Wildman–Crippen LogP) is 3.28. The van der Waals surface area contributed by atoms with E-state index in [4.69, 9.17) is 5.73 Å². The van der Waals surface area contributed by atoms with Crippen LogP contribution >= 0.6 is 0 Å². The minimum atomic E-state index is -4.66. The van der Waals surface area contributed by atoms with E-state index in [0.717, 1.165) is 24.3 Å². The largest absolute Gasteiger partial charge is 0.433 e. The van der Waals surface area contributed by atoms with Crippen LogP contribution in [-0.4, -0.2) is 14.6 Å². The highest BCUT2D eigenvalue weighted by molar-refractivity contribution is 5.78. The first kappa shape index (κ1) is 14.2. The number of nitrogens with zero attached hydrogens (tertiary/aromatic N) is 3. The van der Waals surface area contributed by atoms with E-state index in [0.29, 0.717) is 4.52 Å². The molecule has 0 spiro atoms. The summed E-state index contributed by atoms with van der Waals surface area (Å²) >= 11 is 0. The highest BCUT2D eigenvalue weighted by Crippen LogP contribution is 2.33. The van der Waals surface area contributed by atoms with Crippen LogP contribution in [0.4, 0.5) is 27.9 Å². The quantitative estimate of drug-likeness (QED) is 0.701. The fourth-order valence-corrected chi connectivity index (χ4v) is 2.08. The molecule has 0 atom stereocenters. The van der Waals surface area contributed by atoms with E-state index >= 15 is 0 Å². The molecule has 3 aromatic rings. The molecule has 0 unspecified atom stereocenters. The molecular formula is C13H7F5N4. The molecule has 2 heterocycles. The maximum Gasteiger partial charge on any atom is 0.433 e. The minimum Gasteiger partial charge on any atom is -0.366 e. The van der Waals surface area contributed by atoms with Crippen molar-refractivity contribution >= 4 is 11.6 Å². The van der Waals surface area contributed by atoms with Crippen molar-refractivity contribution in [1.29, 1.82) is 0 Å². The molecule has 0 aliphatic rings. The van der Waals surface area contributed by atoms with Crippen LogP contribution in [-0.2, 0) is 6.18 Å².